The van der Waals surface area contributed by atoms with Gasteiger partial charge >= 0.3 is 6.09 Å². The number of ether oxygens (including phenoxy) is 1. The Kier molecular flexibility index (Phi) is 10.5. The summed E-state index contributed by atoms with van der Waals surface area (Å²) in [5.74, 6) is 1.97. The number of para-hydroxylation sites is 1. The molecule has 0 saturated carbocycles. The Morgan fingerprint density at radius 3 is 2.08 bits per heavy atom. The first-order chi connectivity index (χ1) is 17.8. The fourth-order valence-electron chi connectivity index (χ4n) is 4.25. The number of aryl methyl sites for hydroxylation is 2. The maximum atomic E-state index is 14.0. The van der Waals surface area contributed by atoms with Crippen molar-refractivity contribution in [1.29, 1.82) is 0 Å². The Bertz CT molecular complexity index is 1150. The zero-order valence-electron chi connectivity index (χ0n) is 23.8. The molecule has 0 fully saturated rings. The predicted octanol–water partition coefficient (Wildman–Crippen LogP) is 5.75. The molecule has 3 amide bonds. The van der Waals surface area contributed by atoms with Crippen molar-refractivity contribution in [3.05, 3.63) is 64.7 Å². The van der Waals surface area contributed by atoms with Gasteiger partial charge in [-0.3, -0.25) is 9.59 Å². The summed E-state index contributed by atoms with van der Waals surface area (Å²) in [6.45, 7) is 15.1. The molecule has 38 heavy (non-hydrogen) atoms. The molecule has 0 aliphatic carbocycles. The minimum atomic E-state index is -0.951. The predicted molar refractivity (Wildman–Crippen MR) is 152 cm³/mol. The second-order valence-corrected chi connectivity index (χ2v) is 10.9. The van der Waals surface area contributed by atoms with Gasteiger partial charge in [0.25, 0.3) is 5.91 Å². The van der Waals surface area contributed by atoms with Crippen molar-refractivity contribution in [1.82, 2.24) is 10.2 Å². The summed E-state index contributed by atoms with van der Waals surface area (Å²) in [7, 11) is 0. The molecule has 2 unspecified atom stereocenters. The van der Waals surface area contributed by atoms with Crippen LogP contribution in [-0.2, 0) is 14.3 Å². The van der Waals surface area contributed by atoms with Crippen LogP contribution in [0.25, 0.3) is 0 Å². The van der Waals surface area contributed by atoms with Gasteiger partial charge in [-0.05, 0) is 82.7 Å². The Labute approximate surface area is 227 Å². The number of anilines is 1. The van der Waals surface area contributed by atoms with Crippen LogP contribution in [0.3, 0.4) is 0 Å². The van der Waals surface area contributed by atoms with Gasteiger partial charge in [-0.1, -0.05) is 50.1 Å². The van der Waals surface area contributed by atoms with Crippen LogP contribution in [0.5, 0.6) is 0 Å². The first kappa shape index (κ1) is 30.4. The molecule has 0 heterocycles. The van der Waals surface area contributed by atoms with E-state index < -0.39 is 23.8 Å². The molecular formula is C31H41N3O4. The van der Waals surface area contributed by atoms with Crippen molar-refractivity contribution in [2.75, 3.05) is 11.9 Å². The van der Waals surface area contributed by atoms with Crippen LogP contribution >= 0.6 is 0 Å². The van der Waals surface area contributed by atoms with Crippen molar-refractivity contribution in [3.63, 3.8) is 0 Å². The molecule has 0 saturated heterocycles. The lowest BCUT2D eigenvalue weighted by Crippen LogP contribution is -2.52. The van der Waals surface area contributed by atoms with E-state index in [4.69, 9.17) is 11.2 Å². The van der Waals surface area contributed by atoms with Gasteiger partial charge in [0, 0.05) is 17.8 Å². The molecule has 2 atom stereocenters. The van der Waals surface area contributed by atoms with Crippen LogP contribution in [-0.4, -0.2) is 41.0 Å². The molecule has 0 spiro atoms. The smallest absolute Gasteiger partial charge is 0.408 e. The van der Waals surface area contributed by atoms with Crippen LogP contribution in [0.1, 0.15) is 76.3 Å². The number of carbonyl (C=O) groups excluding carboxylic acids is 3. The summed E-state index contributed by atoms with van der Waals surface area (Å²) < 4.78 is 5.42. The number of nitrogens with zero attached hydrogens (tertiary/aromatic N) is 1. The van der Waals surface area contributed by atoms with E-state index in [2.05, 4.69) is 16.6 Å². The summed E-state index contributed by atoms with van der Waals surface area (Å²) in [5.41, 5.74) is 3.10. The Morgan fingerprint density at radius 1 is 1.03 bits per heavy atom. The number of likely N-dealkylation sites (N-methyl/N-ethyl adjacent to an activating group) is 1. The van der Waals surface area contributed by atoms with Gasteiger partial charge in [-0.15, -0.1) is 6.42 Å². The molecule has 2 aromatic carbocycles. The van der Waals surface area contributed by atoms with E-state index >= 15 is 0 Å². The molecule has 0 aliphatic heterocycles. The molecule has 2 rings (SSSR count). The number of terminal acetylenes is 1. The molecule has 0 aromatic heterocycles. The third-order valence-corrected chi connectivity index (χ3v) is 6.00. The van der Waals surface area contributed by atoms with Crippen molar-refractivity contribution >= 4 is 23.6 Å². The largest absolute Gasteiger partial charge is 0.444 e. The van der Waals surface area contributed by atoms with Gasteiger partial charge in [0.1, 0.15) is 17.7 Å². The number of rotatable bonds is 9. The van der Waals surface area contributed by atoms with Crippen molar-refractivity contribution < 1.29 is 19.1 Å². The van der Waals surface area contributed by atoms with E-state index in [1.165, 1.54) is 4.90 Å². The lowest BCUT2D eigenvalue weighted by molar-refractivity contribution is -0.140. The third kappa shape index (κ3) is 8.37. The number of amides is 3. The van der Waals surface area contributed by atoms with Gasteiger partial charge < -0.3 is 20.3 Å². The summed E-state index contributed by atoms with van der Waals surface area (Å²) >= 11 is 0. The van der Waals surface area contributed by atoms with Crippen LogP contribution in [0.2, 0.25) is 0 Å². The monoisotopic (exact) mass is 519 g/mol. The van der Waals surface area contributed by atoms with Crippen molar-refractivity contribution in [3.8, 4) is 12.3 Å². The zero-order chi connectivity index (χ0) is 28.6. The Hall–Kier alpha value is -3.79. The van der Waals surface area contributed by atoms with E-state index in [0.717, 1.165) is 11.1 Å². The highest BCUT2D eigenvalue weighted by Gasteiger charge is 2.36. The lowest BCUT2D eigenvalue weighted by Gasteiger charge is -2.34. The number of hydrogen-bond donors (Lipinski definition) is 2. The van der Waals surface area contributed by atoms with Gasteiger partial charge in [-0.25, -0.2) is 4.79 Å². The van der Waals surface area contributed by atoms with Crippen LogP contribution in [0, 0.1) is 32.1 Å². The third-order valence-electron chi connectivity index (χ3n) is 6.00. The van der Waals surface area contributed by atoms with Crippen LogP contribution in [0.4, 0.5) is 10.5 Å². The van der Waals surface area contributed by atoms with E-state index in [-0.39, 0.29) is 24.3 Å². The number of carbonyl (C=O) groups is 3. The Morgan fingerprint density at radius 2 is 1.61 bits per heavy atom. The van der Waals surface area contributed by atoms with E-state index in [1.807, 2.05) is 52.8 Å². The minimum Gasteiger partial charge on any atom is -0.444 e. The van der Waals surface area contributed by atoms with E-state index in [1.54, 1.807) is 45.0 Å². The molecule has 7 heteroatoms. The first-order valence-electron chi connectivity index (χ1n) is 13.0. The van der Waals surface area contributed by atoms with Gasteiger partial charge in [0.05, 0.1) is 0 Å². The number of nitrogens with one attached hydrogen (secondary N) is 2. The molecular weight excluding hydrogens is 478 g/mol. The number of alkyl carbamates (subject to hydrolysis) is 1. The maximum Gasteiger partial charge on any atom is 0.408 e. The fourth-order valence-corrected chi connectivity index (χ4v) is 4.25. The molecule has 2 aromatic rings. The standard InChI is InChI=1S/C31H41N3O4/c1-10-23-15-17-24(18-16-23)27(28(35)33-26-21(5)13-12-14-22(26)6)34(11-2)29(36)25(19-20(3)4)32-30(37)38-31(7,8)9/h1,12-18,20,25,27H,11,19H2,2-9H3,(H,32,37)(H,33,35). The average molecular weight is 520 g/mol. The summed E-state index contributed by atoms with van der Waals surface area (Å²) in [5, 5.41) is 5.78. The van der Waals surface area contributed by atoms with Crippen molar-refractivity contribution in [2.45, 2.75) is 79.5 Å². The number of benzene rings is 2. The topological polar surface area (TPSA) is 87.7 Å². The Balaban J connectivity index is 2.51. The molecule has 0 radical (unpaired) electrons. The first-order valence-corrected chi connectivity index (χ1v) is 13.0. The van der Waals surface area contributed by atoms with Gasteiger partial charge in [0.15, 0.2) is 0 Å². The molecule has 0 aliphatic rings. The molecule has 0 bridgehead atoms. The molecule has 204 valence electrons. The normalized spacial score (nSPS) is 12.7. The summed E-state index contributed by atoms with van der Waals surface area (Å²) in [6.07, 6.45) is 5.24. The highest BCUT2D eigenvalue weighted by atomic mass is 16.6. The zero-order valence-corrected chi connectivity index (χ0v) is 23.8. The lowest BCUT2D eigenvalue weighted by atomic mass is 9.98. The molecule has 2 N–H and O–H groups in total. The second-order valence-electron chi connectivity index (χ2n) is 10.9. The van der Waals surface area contributed by atoms with Gasteiger partial charge in [-0.2, -0.15) is 0 Å². The fraction of sp³-hybridized carbons (Fsp3) is 0.452. The quantitative estimate of drug-likeness (QED) is 0.413. The highest BCUT2D eigenvalue weighted by Crippen LogP contribution is 2.27. The average Bonchev–Trinajstić information content (AvgIpc) is 2.82. The maximum absolute atomic E-state index is 14.0. The molecule has 7 nitrogen and oxygen atoms in total. The minimum absolute atomic E-state index is 0.106. The van der Waals surface area contributed by atoms with Gasteiger partial charge in [0.2, 0.25) is 5.91 Å². The SMILES string of the molecule is C#Cc1ccc(C(C(=O)Nc2c(C)cccc2C)N(CC)C(=O)C(CC(C)C)NC(=O)OC(C)(C)C)cc1. The van der Waals surface area contributed by atoms with Crippen molar-refractivity contribution in [2.24, 2.45) is 5.92 Å². The van der Waals surface area contributed by atoms with E-state index in [0.29, 0.717) is 23.2 Å². The summed E-state index contributed by atoms with van der Waals surface area (Å²) in [6, 6.07) is 11.0. The number of hydrogen-bond acceptors (Lipinski definition) is 4. The second kappa shape index (κ2) is 13.1. The van der Waals surface area contributed by atoms with Crippen LogP contribution in [0.15, 0.2) is 42.5 Å². The summed E-state index contributed by atoms with van der Waals surface area (Å²) in [4.78, 5) is 42.0. The highest BCUT2D eigenvalue weighted by molar-refractivity contribution is 5.99. The van der Waals surface area contributed by atoms with Crippen LogP contribution < -0.4 is 10.6 Å². The van der Waals surface area contributed by atoms with E-state index in [9.17, 15) is 14.4 Å².